The number of anilines is 1. The highest BCUT2D eigenvalue weighted by molar-refractivity contribution is 7.18. The van der Waals surface area contributed by atoms with Crippen molar-refractivity contribution in [2.24, 2.45) is 11.8 Å². The van der Waals surface area contributed by atoms with Gasteiger partial charge < -0.3 is 20.4 Å². The molecular formula is C18H20N4O4S. The van der Waals surface area contributed by atoms with Crippen molar-refractivity contribution in [2.45, 2.75) is 0 Å². The van der Waals surface area contributed by atoms with Crippen molar-refractivity contribution < 1.29 is 19.8 Å². The number of carboxylic acids is 2. The molecule has 142 valence electrons. The summed E-state index contributed by atoms with van der Waals surface area (Å²) in [7, 11) is 0. The van der Waals surface area contributed by atoms with E-state index >= 15 is 0 Å². The number of nitrogens with one attached hydrogen (secondary N) is 1. The van der Waals surface area contributed by atoms with Crippen LogP contribution in [0.5, 0.6) is 0 Å². The van der Waals surface area contributed by atoms with Crippen LogP contribution in [0, 0.1) is 11.8 Å². The zero-order valence-electron chi connectivity index (χ0n) is 14.5. The molecule has 2 aliphatic rings. The van der Waals surface area contributed by atoms with Crippen molar-refractivity contribution in [1.29, 1.82) is 0 Å². The number of nitrogens with zero attached hydrogens (tertiary/aromatic N) is 3. The first kappa shape index (κ1) is 19.0. The molecule has 2 atom stereocenters. The Kier molecular flexibility index (Phi) is 6.15. The number of hydrogen-bond donors (Lipinski definition) is 3. The lowest BCUT2D eigenvalue weighted by molar-refractivity contribution is -0.134. The first-order valence-corrected chi connectivity index (χ1v) is 9.33. The van der Waals surface area contributed by atoms with Crippen molar-refractivity contribution in [2.75, 3.05) is 31.1 Å². The van der Waals surface area contributed by atoms with Gasteiger partial charge in [0, 0.05) is 43.9 Å². The standard InChI is InChI=1S/C14H16N4S.C4H4O4/c1-2-4-10(5-3-1)13-16-17-14(19-13)18-8-11-6-15-7-12(11)9-18;5-3(6)1-2-4(7)8/h1-5,11-12,15H,6-9H2;1-2H,(H,5,6)(H,7,8)/b;2-1+. The van der Waals surface area contributed by atoms with Crippen LogP contribution >= 0.6 is 11.3 Å². The van der Waals surface area contributed by atoms with Crippen LogP contribution in [0.3, 0.4) is 0 Å². The Morgan fingerprint density at radius 2 is 1.63 bits per heavy atom. The molecule has 0 aliphatic carbocycles. The molecule has 2 fully saturated rings. The van der Waals surface area contributed by atoms with E-state index in [9.17, 15) is 9.59 Å². The number of rotatable bonds is 4. The van der Waals surface area contributed by atoms with E-state index < -0.39 is 11.9 Å². The van der Waals surface area contributed by atoms with Crippen LogP contribution in [0.1, 0.15) is 0 Å². The second-order valence-electron chi connectivity index (χ2n) is 6.35. The molecule has 3 N–H and O–H groups in total. The quantitative estimate of drug-likeness (QED) is 0.676. The third-order valence-electron chi connectivity index (χ3n) is 4.46. The predicted molar refractivity (Wildman–Crippen MR) is 102 cm³/mol. The van der Waals surface area contributed by atoms with Crippen LogP contribution in [0.4, 0.5) is 5.13 Å². The van der Waals surface area contributed by atoms with Gasteiger partial charge in [-0.1, -0.05) is 41.7 Å². The molecule has 2 saturated heterocycles. The van der Waals surface area contributed by atoms with E-state index in [1.165, 1.54) is 0 Å². The Morgan fingerprint density at radius 1 is 1.04 bits per heavy atom. The summed E-state index contributed by atoms with van der Waals surface area (Å²) in [5, 5.41) is 29.9. The Bertz CT molecular complexity index is 796. The van der Waals surface area contributed by atoms with Crippen LogP contribution in [0.25, 0.3) is 10.6 Å². The molecule has 9 heteroatoms. The SMILES string of the molecule is O=C(O)/C=C/C(=O)O.c1ccc(-c2nnc(N3CC4CNCC4C3)s2)cc1. The normalized spacial score (nSPS) is 21.0. The maximum absolute atomic E-state index is 9.55. The van der Waals surface area contributed by atoms with Crippen molar-refractivity contribution in [1.82, 2.24) is 15.5 Å². The smallest absolute Gasteiger partial charge is 0.328 e. The molecule has 0 saturated carbocycles. The molecule has 0 bridgehead atoms. The van der Waals surface area contributed by atoms with E-state index in [1.807, 2.05) is 18.2 Å². The highest BCUT2D eigenvalue weighted by Gasteiger charge is 2.37. The summed E-state index contributed by atoms with van der Waals surface area (Å²) >= 11 is 1.71. The van der Waals surface area contributed by atoms with E-state index in [1.54, 1.807) is 11.3 Å². The Hall–Kier alpha value is -2.78. The molecule has 0 radical (unpaired) electrons. The summed E-state index contributed by atoms with van der Waals surface area (Å²) < 4.78 is 0. The lowest BCUT2D eigenvalue weighted by Gasteiger charge is -2.14. The minimum absolute atomic E-state index is 0.558. The van der Waals surface area contributed by atoms with Crippen molar-refractivity contribution >= 4 is 28.4 Å². The summed E-state index contributed by atoms with van der Waals surface area (Å²) in [4.78, 5) is 21.5. The molecule has 1 aromatic heterocycles. The fraction of sp³-hybridized carbons (Fsp3) is 0.333. The van der Waals surface area contributed by atoms with Crippen LogP contribution in [0.2, 0.25) is 0 Å². The largest absolute Gasteiger partial charge is 0.478 e. The van der Waals surface area contributed by atoms with E-state index in [0.717, 1.165) is 53.7 Å². The molecule has 3 heterocycles. The van der Waals surface area contributed by atoms with Gasteiger partial charge in [-0.15, -0.1) is 10.2 Å². The van der Waals surface area contributed by atoms with E-state index in [-0.39, 0.29) is 0 Å². The number of carbonyl (C=O) groups is 2. The highest BCUT2D eigenvalue weighted by atomic mass is 32.1. The molecule has 0 spiro atoms. The third-order valence-corrected chi connectivity index (χ3v) is 5.50. The van der Waals surface area contributed by atoms with Crippen LogP contribution in [0.15, 0.2) is 42.5 Å². The zero-order valence-corrected chi connectivity index (χ0v) is 15.3. The number of fused-ring (bicyclic) bond motifs is 1. The number of aromatic nitrogens is 2. The van der Waals surface area contributed by atoms with E-state index in [0.29, 0.717) is 12.2 Å². The zero-order chi connectivity index (χ0) is 19.2. The fourth-order valence-corrected chi connectivity index (χ4v) is 4.06. The second kappa shape index (κ2) is 8.74. The molecule has 8 nitrogen and oxygen atoms in total. The number of aliphatic carboxylic acids is 2. The van der Waals surface area contributed by atoms with Gasteiger partial charge in [0.1, 0.15) is 5.01 Å². The third kappa shape index (κ3) is 5.11. The second-order valence-corrected chi connectivity index (χ2v) is 7.30. The Labute approximate surface area is 160 Å². The molecule has 2 aliphatic heterocycles. The van der Waals surface area contributed by atoms with Gasteiger partial charge in [0.2, 0.25) is 5.13 Å². The number of hydrogen-bond acceptors (Lipinski definition) is 7. The summed E-state index contributed by atoms with van der Waals surface area (Å²) in [5.41, 5.74) is 1.16. The summed E-state index contributed by atoms with van der Waals surface area (Å²) in [6.07, 6.45) is 1.12. The van der Waals surface area contributed by atoms with Gasteiger partial charge in [-0.05, 0) is 11.8 Å². The highest BCUT2D eigenvalue weighted by Crippen LogP contribution is 2.34. The minimum atomic E-state index is -1.26. The molecule has 4 rings (SSSR count). The maximum atomic E-state index is 9.55. The van der Waals surface area contributed by atoms with Crippen molar-refractivity contribution in [3.8, 4) is 10.6 Å². The summed E-state index contributed by atoms with van der Waals surface area (Å²) in [5.74, 6) is -0.923. The minimum Gasteiger partial charge on any atom is -0.478 e. The van der Waals surface area contributed by atoms with Crippen LogP contribution in [-0.4, -0.2) is 58.5 Å². The topological polar surface area (TPSA) is 116 Å². The Morgan fingerprint density at radius 3 is 2.19 bits per heavy atom. The molecule has 27 heavy (non-hydrogen) atoms. The lowest BCUT2D eigenvalue weighted by Crippen LogP contribution is -2.25. The van der Waals surface area contributed by atoms with Gasteiger partial charge in [-0.25, -0.2) is 9.59 Å². The van der Waals surface area contributed by atoms with Gasteiger partial charge in [-0.3, -0.25) is 0 Å². The average molecular weight is 388 g/mol. The maximum Gasteiger partial charge on any atom is 0.328 e. The molecule has 1 aromatic carbocycles. The number of carboxylic acid groups (broad SMARTS) is 2. The van der Waals surface area contributed by atoms with Crippen LogP contribution in [-0.2, 0) is 9.59 Å². The van der Waals surface area contributed by atoms with Crippen molar-refractivity contribution in [3.05, 3.63) is 42.5 Å². The first-order chi connectivity index (χ1) is 13.0. The Balaban J connectivity index is 0.000000226. The average Bonchev–Trinajstić information content (AvgIpc) is 3.36. The molecule has 2 unspecified atom stereocenters. The molecule has 0 amide bonds. The van der Waals surface area contributed by atoms with Gasteiger partial charge in [0.15, 0.2) is 0 Å². The monoisotopic (exact) mass is 388 g/mol. The van der Waals surface area contributed by atoms with Gasteiger partial charge in [-0.2, -0.15) is 0 Å². The van der Waals surface area contributed by atoms with Gasteiger partial charge in [0.25, 0.3) is 0 Å². The summed E-state index contributed by atoms with van der Waals surface area (Å²) in [6.45, 7) is 4.57. The van der Waals surface area contributed by atoms with E-state index in [2.05, 4.69) is 32.5 Å². The first-order valence-electron chi connectivity index (χ1n) is 8.51. The molecular weight excluding hydrogens is 368 g/mol. The lowest BCUT2D eigenvalue weighted by atomic mass is 10.0. The fourth-order valence-electron chi connectivity index (χ4n) is 3.19. The van der Waals surface area contributed by atoms with E-state index in [4.69, 9.17) is 10.2 Å². The van der Waals surface area contributed by atoms with Crippen LogP contribution < -0.4 is 10.2 Å². The molecule has 2 aromatic rings. The van der Waals surface area contributed by atoms with Crippen molar-refractivity contribution in [3.63, 3.8) is 0 Å². The van der Waals surface area contributed by atoms with Gasteiger partial charge >= 0.3 is 11.9 Å². The number of benzene rings is 1. The summed E-state index contributed by atoms with van der Waals surface area (Å²) in [6, 6.07) is 10.3. The predicted octanol–water partition coefficient (Wildman–Crippen LogP) is 1.57. The van der Waals surface area contributed by atoms with Gasteiger partial charge in [0.05, 0.1) is 0 Å².